The molecule has 6 nitrogen and oxygen atoms in total. The Balaban J connectivity index is 1.49. The first-order valence-corrected chi connectivity index (χ1v) is 11.2. The molecule has 0 radical (unpaired) electrons. The van der Waals surface area contributed by atoms with Gasteiger partial charge in [-0.3, -0.25) is 15.1 Å². The van der Waals surface area contributed by atoms with Crippen LogP contribution >= 0.6 is 11.3 Å². The predicted molar refractivity (Wildman–Crippen MR) is 132 cm³/mol. The molecule has 156 valence electrons. The molecule has 0 saturated carbocycles. The Kier molecular flexibility index (Phi) is 4.29. The van der Waals surface area contributed by atoms with E-state index in [4.69, 9.17) is 0 Å². The molecule has 2 N–H and O–H groups in total. The number of aromatic amines is 2. The summed E-state index contributed by atoms with van der Waals surface area (Å²) < 4.78 is 0. The molecule has 0 atom stereocenters. The van der Waals surface area contributed by atoms with Crippen molar-refractivity contribution in [3.05, 3.63) is 71.9 Å². The van der Waals surface area contributed by atoms with Crippen molar-refractivity contribution in [2.45, 2.75) is 0 Å². The van der Waals surface area contributed by atoms with Crippen molar-refractivity contribution in [1.82, 2.24) is 25.1 Å². The summed E-state index contributed by atoms with van der Waals surface area (Å²) in [5.41, 5.74) is 9.41. The number of rotatable bonds is 4. The fourth-order valence-electron chi connectivity index (χ4n) is 4.06. The Morgan fingerprint density at radius 2 is 1.72 bits per heavy atom. The molecule has 5 aromatic heterocycles. The molecule has 6 rings (SSSR count). The van der Waals surface area contributed by atoms with Crippen molar-refractivity contribution >= 4 is 38.8 Å². The first-order chi connectivity index (χ1) is 15.7. The average molecular weight is 437 g/mol. The normalized spacial score (nSPS) is 11.4. The molecule has 1 aromatic carbocycles. The molecule has 0 fully saturated rings. The van der Waals surface area contributed by atoms with Gasteiger partial charge in [0.1, 0.15) is 5.69 Å². The fourth-order valence-corrected chi connectivity index (χ4v) is 4.71. The standard InChI is InChI=1S/C25H20N6S/c1-31(2)18-7-17(10-26-11-18)15-3-4-22-20(8-15)25(30-29-22)23-9-19-21(16-5-6-32-14-16)12-27-13-24(19)28-23/h3-14,28H,1-2H3,(H,29,30). The second-order valence-electron chi connectivity index (χ2n) is 8.00. The van der Waals surface area contributed by atoms with E-state index in [9.17, 15) is 0 Å². The molecule has 0 amide bonds. The Labute approximate surface area is 188 Å². The van der Waals surface area contributed by atoms with Gasteiger partial charge in [0.05, 0.1) is 34.8 Å². The molecule has 7 heteroatoms. The van der Waals surface area contributed by atoms with Crippen LogP contribution in [0, 0.1) is 0 Å². The Bertz CT molecular complexity index is 1560. The lowest BCUT2D eigenvalue weighted by molar-refractivity contribution is 1.11. The van der Waals surface area contributed by atoms with E-state index < -0.39 is 0 Å². The van der Waals surface area contributed by atoms with Gasteiger partial charge in [0.2, 0.25) is 0 Å². The van der Waals surface area contributed by atoms with Crippen LogP contribution in [-0.4, -0.2) is 39.2 Å². The van der Waals surface area contributed by atoms with E-state index in [1.54, 1.807) is 11.3 Å². The number of nitrogens with zero attached hydrogens (tertiary/aromatic N) is 4. The summed E-state index contributed by atoms with van der Waals surface area (Å²) in [6.07, 6.45) is 7.56. The molecule has 5 heterocycles. The van der Waals surface area contributed by atoms with E-state index >= 15 is 0 Å². The van der Waals surface area contributed by atoms with E-state index in [1.807, 2.05) is 38.9 Å². The maximum Gasteiger partial charge on any atom is 0.116 e. The van der Waals surface area contributed by atoms with Crippen molar-refractivity contribution in [2.75, 3.05) is 19.0 Å². The van der Waals surface area contributed by atoms with Gasteiger partial charge in [-0.2, -0.15) is 16.4 Å². The highest BCUT2D eigenvalue weighted by Crippen LogP contribution is 2.35. The number of pyridine rings is 2. The van der Waals surface area contributed by atoms with Crippen LogP contribution in [0.2, 0.25) is 0 Å². The summed E-state index contributed by atoms with van der Waals surface area (Å²) in [7, 11) is 4.04. The lowest BCUT2D eigenvalue weighted by Gasteiger charge is -2.13. The third-order valence-corrected chi connectivity index (χ3v) is 6.45. The number of hydrogen-bond donors (Lipinski definition) is 2. The summed E-state index contributed by atoms with van der Waals surface area (Å²) in [5, 5.41) is 14.3. The third kappa shape index (κ3) is 3.06. The van der Waals surface area contributed by atoms with Crippen LogP contribution in [-0.2, 0) is 0 Å². The van der Waals surface area contributed by atoms with Crippen LogP contribution in [0.3, 0.4) is 0 Å². The number of hydrogen-bond acceptors (Lipinski definition) is 5. The highest BCUT2D eigenvalue weighted by atomic mass is 32.1. The van der Waals surface area contributed by atoms with Gasteiger partial charge in [0.25, 0.3) is 0 Å². The molecule has 0 spiro atoms. The van der Waals surface area contributed by atoms with Crippen LogP contribution in [0.15, 0.2) is 71.9 Å². The number of fused-ring (bicyclic) bond motifs is 2. The lowest BCUT2D eigenvalue weighted by Crippen LogP contribution is -2.08. The zero-order valence-electron chi connectivity index (χ0n) is 17.6. The number of benzene rings is 1. The molecule has 6 aromatic rings. The predicted octanol–water partition coefficient (Wildman–Crippen LogP) is 5.96. The van der Waals surface area contributed by atoms with E-state index in [2.05, 4.69) is 77.2 Å². The SMILES string of the molecule is CN(C)c1cncc(-c2ccc3[nH]nc(-c4cc5c(-c6ccsc6)cncc5[nH]4)c3c2)c1. The van der Waals surface area contributed by atoms with Crippen molar-refractivity contribution in [3.8, 4) is 33.6 Å². The number of H-pyrrole nitrogens is 2. The highest BCUT2D eigenvalue weighted by Gasteiger charge is 2.15. The first-order valence-electron chi connectivity index (χ1n) is 10.3. The molecule has 0 aliphatic heterocycles. The average Bonchev–Trinajstić information content (AvgIpc) is 3.57. The Hall–Kier alpha value is -3.97. The molecule has 0 bridgehead atoms. The van der Waals surface area contributed by atoms with Gasteiger partial charge >= 0.3 is 0 Å². The topological polar surface area (TPSA) is 73.5 Å². The molecule has 0 unspecified atom stereocenters. The van der Waals surface area contributed by atoms with Gasteiger partial charge in [-0.1, -0.05) is 6.07 Å². The summed E-state index contributed by atoms with van der Waals surface area (Å²) in [6, 6.07) is 12.8. The second kappa shape index (κ2) is 7.32. The zero-order chi connectivity index (χ0) is 21.7. The van der Waals surface area contributed by atoms with Crippen LogP contribution in [0.25, 0.3) is 55.4 Å². The van der Waals surface area contributed by atoms with Crippen LogP contribution in [0.4, 0.5) is 5.69 Å². The monoisotopic (exact) mass is 436 g/mol. The van der Waals surface area contributed by atoms with Gasteiger partial charge in [-0.15, -0.1) is 0 Å². The van der Waals surface area contributed by atoms with E-state index in [1.165, 1.54) is 5.56 Å². The minimum atomic E-state index is 0.894. The zero-order valence-corrected chi connectivity index (χ0v) is 18.4. The number of thiophene rings is 1. The van der Waals surface area contributed by atoms with Crippen molar-refractivity contribution in [2.24, 2.45) is 0 Å². The quantitative estimate of drug-likeness (QED) is 0.357. The third-order valence-electron chi connectivity index (χ3n) is 5.77. The van der Waals surface area contributed by atoms with E-state index in [0.29, 0.717) is 0 Å². The summed E-state index contributed by atoms with van der Waals surface area (Å²) >= 11 is 1.69. The molecule has 32 heavy (non-hydrogen) atoms. The fraction of sp³-hybridized carbons (Fsp3) is 0.0800. The summed E-state index contributed by atoms with van der Waals surface area (Å²) in [4.78, 5) is 14.4. The maximum atomic E-state index is 4.64. The largest absolute Gasteiger partial charge is 0.376 e. The smallest absolute Gasteiger partial charge is 0.116 e. The van der Waals surface area contributed by atoms with Crippen molar-refractivity contribution in [1.29, 1.82) is 0 Å². The summed E-state index contributed by atoms with van der Waals surface area (Å²) in [6.45, 7) is 0. The van der Waals surface area contributed by atoms with Gasteiger partial charge in [0.15, 0.2) is 0 Å². The van der Waals surface area contributed by atoms with E-state index in [-0.39, 0.29) is 0 Å². The van der Waals surface area contributed by atoms with Gasteiger partial charge in [-0.25, -0.2) is 0 Å². The van der Waals surface area contributed by atoms with Crippen LogP contribution in [0.5, 0.6) is 0 Å². The minimum Gasteiger partial charge on any atom is -0.376 e. The highest BCUT2D eigenvalue weighted by molar-refractivity contribution is 7.08. The van der Waals surface area contributed by atoms with Crippen molar-refractivity contribution < 1.29 is 0 Å². The van der Waals surface area contributed by atoms with Crippen LogP contribution in [0.1, 0.15) is 0 Å². The van der Waals surface area contributed by atoms with Crippen LogP contribution < -0.4 is 4.90 Å². The first kappa shape index (κ1) is 18.8. The molecule has 0 aliphatic carbocycles. The Morgan fingerprint density at radius 3 is 2.56 bits per heavy atom. The molecule has 0 saturated heterocycles. The summed E-state index contributed by atoms with van der Waals surface area (Å²) in [5.74, 6) is 0. The molecular formula is C25H20N6S. The number of nitrogens with one attached hydrogen (secondary N) is 2. The van der Waals surface area contributed by atoms with Gasteiger partial charge < -0.3 is 9.88 Å². The molecular weight excluding hydrogens is 416 g/mol. The lowest BCUT2D eigenvalue weighted by atomic mass is 10.0. The maximum absolute atomic E-state index is 4.64. The second-order valence-corrected chi connectivity index (χ2v) is 8.78. The Morgan fingerprint density at radius 1 is 0.812 bits per heavy atom. The van der Waals surface area contributed by atoms with Gasteiger partial charge in [-0.05, 0) is 52.2 Å². The van der Waals surface area contributed by atoms with E-state index in [0.717, 1.165) is 55.6 Å². The molecule has 0 aliphatic rings. The van der Waals surface area contributed by atoms with Crippen molar-refractivity contribution in [3.63, 3.8) is 0 Å². The minimum absolute atomic E-state index is 0.894. The van der Waals surface area contributed by atoms with Gasteiger partial charge in [0, 0.05) is 48.4 Å². The number of aromatic nitrogens is 5. The number of anilines is 1.